The summed E-state index contributed by atoms with van der Waals surface area (Å²) in [5, 5.41) is 3.42. The highest BCUT2D eigenvalue weighted by atomic mass is 16.3. The third-order valence-corrected chi connectivity index (χ3v) is 5.33. The van der Waals surface area contributed by atoms with Gasteiger partial charge in [-0.2, -0.15) is 0 Å². The maximum absolute atomic E-state index is 13.0. The van der Waals surface area contributed by atoms with E-state index in [-0.39, 0.29) is 17.4 Å². The van der Waals surface area contributed by atoms with Crippen LogP contribution in [0.4, 0.5) is 0 Å². The summed E-state index contributed by atoms with van der Waals surface area (Å²) < 4.78 is 6.14. The molecule has 5 nitrogen and oxygen atoms in total. The van der Waals surface area contributed by atoms with Crippen LogP contribution in [0.25, 0.3) is 22.3 Å². The Labute approximate surface area is 171 Å². The van der Waals surface area contributed by atoms with E-state index < -0.39 is 0 Å². The molecule has 1 unspecified atom stereocenters. The van der Waals surface area contributed by atoms with E-state index >= 15 is 0 Å². The first-order valence-electron chi connectivity index (χ1n) is 9.87. The summed E-state index contributed by atoms with van der Waals surface area (Å²) in [6, 6.07) is 14.8. The number of nitrogens with one attached hydrogen (secondary N) is 1. The average Bonchev–Trinajstić information content (AvgIpc) is 2.70. The Balaban J connectivity index is 2.04. The van der Waals surface area contributed by atoms with E-state index in [4.69, 9.17) is 4.42 Å². The van der Waals surface area contributed by atoms with E-state index in [9.17, 15) is 9.59 Å². The van der Waals surface area contributed by atoms with E-state index in [1.165, 1.54) is 0 Å². The van der Waals surface area contributed by atoms with Crippen LogP contribution in [0, 0.1) is 12.8 Å². The molecule has 0 aliphatic carbocycles. The fourth-order valence-electron chi connectivity index (χ4n) is 3.66. The van der Waals surface area contributed by atoms with Crippen LogP contribution in [-0.2, 0) is 0 Å². The van der Waals surface area contributed by atoms with Crippen LogP contribution in [0.15, 0.2) is 57.7 Å². The van der Waals surface area contributed by atoms with Gasteiger partial charge in [-0.15, -0.1) is 0 Å². The lowest BCUT2D eigenvalue weighted by Crippen LogP contribution is -2.43. The second-order valence-corrected chi connectivity index (χ2v) is 7.92. The van der Waals surface area contributed by atoms with Gasteiger partial charge in [-0.1, -0.05) is 50.2 Å². The number of carbonyl (C=O) groups is 1. The highest BCUT2D eigenvalue weighted by Crippen LogP contribution is 2.27. The number of carbonyl (C=O) groups excluding carboxylic acids is 1. The highest BCUT2D eigenvalue weighted by Gasteiger charge is 2.21. The Bertz CT molecular complexity index is 1060. The van der Waals surface area contributed by atoms with Crippen LogP contribution in [0.2, 0.25) is 0 Å². The molecule has 1 aromatic heterocycles. The summed E-state index contributed by atoms with van der Waals surface area (Å²) in [6.45, 7) is 6.53. The molecule has 1 N–H and O–H groups in total. The van der Waals surface area contributed by atoms with Gasteiger partial charge in [0.2, 0.25) is 0 Å². The summed E-state index contributed by atoms with van der Waals surface area (Å²) in [6.07, 6.45) is 0. The molecule has 1 heterocycles. The summed E-state index contributed by atoms with van der Waals surface area (Å²) in [7, 11) is 4.01. The Morgan fingerprint density at radius 2 is 1.76 bits per heavy atom. The van der Waals surface area contributed by atoms with Gasteiger partial charge in [0, 0.05) is 23.7 Å². The second kappa shape index (κ2) is 8.62. The van der Waals surface area contributed by atoms with Crippen molar-refractivity contribution in [2.24, 2.45) is 5.92 Å². The van der Waals surface area contributed by atoms with Gasteiger partial charge < -0.3 is 14.6 Å². The number of hydrogen-bond acceptors (Lipinski definition) is 4. The molecule has 152 valence electrons. The fourth-order valence-corrected chi connectivity index (χ4v) is 3.66. The maximum atomic E-state index is 13.0. The van der Waals surface area contributed by atoms with Crippen molar-refractivity contribution in [3.63, 3.8) is 0 Å². The average molecular weight is 392 g/mol. The van der Waals surface area contributed by atoms with Crippen molar-refractivity contribution in [2.45, 2.75) is 26.8 Å². The molecule has 2 aromatic carbocycles. The smallest absolute Gasteiger partial charge is 0.255 e. The highest BCUT2D eigenvalue weighted by molar-refractivity contribution is 6.05. The van der Waals surface area contributed by atoms with Crippen LogP contribution < -0.4 is 10.7 Å². The minimum Gasteiger partial charge on any atom is -0.455 e. The molecule has 1 atom stereocenters. The zero-order chi connectivity index (χ0) is 21.1. The van der Waals surface area contributed by atoms with Gasteiger partial charge >= 0.3 is 0 Å². The van der Waals surface area contributed by atoms with Crippen molar-refractivity contribution in [3.8, 4) is 11.3 Å². The van der Waals surface area contributed by atoms with Gasteiger partial charge in [0.1, 0.15) is 5.76 Å². The van der Waals surface area contributed by atoms with E-state index in [2.05, 4.69) is 24.1 Å². The standard InChI is InChI=1S/C24H28N2O3/c1-15(2)20(26(4)5)14-25-24(28)19-13-9-12-18-21(27)16(3)22(29-23(18)19)17-10-7-6-8-11-17/h6-13,15,20H,14H2,1-5H3,(H,25,28). The molecular formula is C24H28N2O3. The Kier molecular flexibility index (Phi) is 6.18. The maximum Gasteiger partial charge on any atom is 0.255 e. The monoisotopic (exact) mass is 392 g/mol. The molecule has 29 heavy (non-hydrogen) atoms. The third-order valence-electron chi connectivity index (χ3n) is 5.33. The number of para-hydroxylation sites is 1. The SMILES string of the molecule is Cc1c(-c2ccccc2)oc2c(C(=O)NCC(C(C)C)N(C)C)cccc2c1=O. The van der Waals surface area contributed by atoms with Crippen LogP contribution in [-0.4, -0.2) is 37.5 Å². The molecule has 0 saturated carbocycles. The van der Waals surface area contributed by atoms with Gasteiger partial charge in [0.05, 0.1) is 10.9 Å². The number of rotatable bonds is 6. The molecule has 0 aliphatic heterocycles. The molecule has 1 amide bonds. The Morgan fingerprint density at radius 1 is 1.07 bits per heavy atom. The molecule has 3 rings (SSSR count). The third kappa shape index (κ3) is 4.25. The van der Waals surface area contributed by atoms with Crippen molar-refractivity contribution < 1.29 is 9.21 Å². The number of likely N-dealkylation sites (N-methyl/N-ethyl adjacent to an activating group) is 1. The largest absolute Gasteiger partial charge is 0.455 e. The molecule has 0 saturated heterocycles. The Morgan fingerprint density at radius 3 is 2.38 bits per heavy atom. The lowest BCUT2D eigenvalue weighted by Gasteiger charge is -2.28. The normalized spacial score (nSPS) is 12.5. The second-order valence-electron chi connectivity index (χ2n) is 7.92. The fraction of sp³-hybridized carbons (Fsp3) is 0.333. The molecule has 0 radical (unpaired) electrons. The van der Waals surface area contributed by atoms with Crippen molar-refractivity contribution in [1.82, 2.24) is 10.2 Å². The van der Waals surface area contributed by atoms with Crippen molar-refractivity contribution in [3.05, 3.63) is 69.9 Å². The van der Waals surface area contributed by atoms with Crippen LogP contribution >= 0.6 is 0 Å². The number of hydrogen-bond donors (Lipinski definition) is 1. The zero-order valence-electron chi connectivity index (χ0n) is 17.7. The van der Waals surface area contributed by atoms with E-state index in [1.54, 1.807) is 25.1 Å². The van der Waals surface area contributed by atoms with Gasteiger partial charge in [-0.3, -0.25) is 9.59 Å². The summed E-state index contributed by atoms with van der Waals surface area (Å²) >= 11 is 0. The van der Waals surface area contributed by atoms with Crippen LogP contribution in [0.1, 0.15) is 29.8 Å². The minimum atomic E-state index is -0.242. The predicted octanol–water partition coefficient (Wildman–Crippen LogP) is 4.08. The van der Waals surface area contributed by atoms with Crippen molar-refractivity contribution in [2.75, 3.05) is 20.6 Å². The quantitative estimate of drug-likeness (QED) is 0.686. The summed E-state index contributed by atoms with van der Waals surface area (Å²) in [5.74, 6) is 0.647. The van der Waals surface area contributed by atoms with Gasteiger partial charge in [0.15, 0.2) is 11.0 Å². The molecule has 5 heteroatoms. The molecule has 0 fully saturated rings. The first-order chi connectivity index (χ1) is 13.8. The van der Waals surface area contributed by atoms with E-state index in [0.717, 1.165) is 5.56 Å². The molecule has 0 spiro atoms. The molecule has 0 bridgehead atoms. The van der Waals surface area contributed by atoms with Gasteiger partial charge in [-0.05, 0) is 39.1 Å². The van der Waals surface area contributed by atoms with Crippen molar-refractivity contribution in [1.29, 1.82) is 0 Å². The Hall–Kier alpha value is -2.92. The molecular weight excluding hydrogens is 364 g/mol. The molecule has 0 aliphatic rings. The van der Waals surface area contributed by atoms with E-state index in [0.29, 0.717) is 40.3 Å². The number of amides is 1. The van der Waals surface area contributed by atoms with Crippen LogP contribution in [0.5, 0.6) is 0 Å². The van der Waals surface area contributed by atoms with Gasteiger partial charge in [0.25, 0.3) is 5.91 Å². The van der Waals surface area contributed by atoms with E-state index in [1.807, 2.05) is 44.4 Å². The topological polar surface area (TPSA) is 62.6 Å². The first kappa shape index (κ1) is 20.8. The lowest BCUT2D eigenvalue weighted by atomic mass is 10.0. The first-order valence-corrected chi connectivity index (χ1v) is 9.87. The summed E-state index contributed by atoms with van der Waals surface area (Å²) in [5.41, 5.74) is 1.93. The molecule has 3 aromatic rings. The van der Waals surface area contributed by atoms with Gasteiger partial charge in [-0.25, -0.2) is 0 Å². The summed E-state index contributed by atoms with van der Waals surface area (Å²) in [4.78, 5) is 28.0. The number of fused-ring (bicyclic) bond motifs is 1. The number of nitrogens with zero attached hydrogens (tertiary/aromatic N) is 1. The minimum absolute atomic E-state index is 0.117. The lowest BCUT2D eigenvalue weighted by molar-refractivity contribution is 0.0935. The predicted molar refractivity (Wildman–Crippen MR) is 117 cm³/mol. The van der Waals surface area contributed by atoms with Crippen LogP contribution in [0.3, 0.4) is 0 Å². The zero-order valence-corrected chi connectivity index (χ0v) is 17.7. The number of benzene rings is 2. The van der Waals surface area contributed by atoms with Crippen molar-refractivity contribution >= 4 is 16.9 Å².